The molecular weight excluding hydrogens is 464 g/mol. The van der Waals surface area contributed by atoms with Gasteiger partial charge in [0.05, 0.1) is 19.6 Å². The summed E-state index contributed by atoms with van der Waals surface area (Å²) in [5, 5.41) is 30.2. The molecule has 0 fully saturated rings. The Morgan fingerprint density at radius 3 is 1.11 bits per heavy atom. The third kappa shape index (κ3) is 9.20. The molecule has 0 saturated heterocycles. The number of aliphatic imine (C=N–C) groups is 3. The van der Waals surface area contributed by atoms with Crippen LogP contribution >= 0.6 is 0 Å². The summed E-state index contributed by atoms with van der Waals surface area (Å²) < 4.78 is 0. The van der Waals surface area contributed by atoms with Gasteiger partial charge in [0.1, 0.15) is 17.2 Å². The van der Waals surface area contributed by atoms with Gasteiger partial charge < -0.3 is 15.3 Å². The first kappa shape index (κ1) is 27.6. The number of benzene rings is 3. The van der Waals surface area contributed by atoms with Gasteiger partial charge in [-0.25, -0.2) is 0 Å². The molecule has 3 aromatic rings. The normalized spacial score (nSPS) is 12.0. The molecule has 0 aliphatic rings. The maximum atomic E-state index is 10.1. The lowest BCUT2D eigenvalue weighted by atomic mass is 10.1. The minimum atomic E-state index is 0.225. The predicted octanol–water partition coefficient (Wildman–Crippen LogP) is 4.69. The van der Waals surface area contributed by atoms with Gasteiger partial charge in [0.2, 0.25) is 0 Å². The average Bonchev–Trinajstić information content (AvgIpc) is 2.85. The average molecular weight is 501 g/mol. The maximum Gasteiger partial charge on any atom is 0.124 e. The number of phenolic OH excluding ortho intramolecular Hbond substituents is 3. The predicted molar refractivity (Wildman–Crippen MR) is 152 cm³/mol. The summed E-state index contributed by atoms with van der Waals surface area (Å²) in [5.74, 6) is 0.675. The Morgan fingerprint density at radius 1 is 0.541 bits per heavy atom. The molecule has 0 bridgehead atoms. The summed E-state index contributed by atoms with van der Waals surface area (Å²) in [6.45, 7) is 9.63. The maximum absolute atomic E-state index is 10.1. The van der Waals surface area contributed by atoms with Crippen molar-refractivity contribution in [3.05, 3.63) is 88.0 Å². The van der Waals surface area contributed by atoms with Gasteiger partial charge in [0.25, 0.3) is 0 Å². The fraction of sp³-hybridized carbons (Fsp3) is 0.300. The summed E-state index contributed by atoms with van der Waals surface area (Å²) >= 11 is 0. The highest BCUT2D eigenvalue weighted by Gasteiger charge is 2.05. The number of aromatic hydroxyl groups is 3. The highest BCUT2D eigenvalue weighted by molar-refractivity contribution is 5.84. The van der Waals surface area contributed by atoms with E-state index in [0.29, 0.717) is 56.0 Å². The lowest BCUT2D eigenvalue weighted by Gasteiger charge is -2.19. The van der Waals surface area contributed by atoms with Gasteiger partial charge in [-0.05, 0) is 73.9 Å². The molecule has 194 valence electrons. The SMILES string of the molecule is Cc1ccc(C=NCCN(CCN=Cc2ccc(C)cc2O)CCN=Cc2ccc(C)cc2O)c(O)c1. The molecule has 0 aliphatic carbocycles. The van der Waals surface area contributed by atoms with Crippen LogP contribution in [0.1, 0.15) is 33.4 Å². The molecule has 37 heavy (non-hydrogen) atoms. The van der Waals surface area contributed by atoms with Crippen LogP contribution in [0.25, 0.3) is 0 Å². The van der Waals surface area contributed by atoms with Crippen LogP contribution in [0, 0.1) is 20.8 Å². The second kappa shape index (κ2) is 13.9. The number of hydrogen-bond acceptors (Lipinski definition) is 7. The van der Waals surface area contributed by atoms with Crippen molar-refractivity contribution in [2.24, 2.45) is 15.0 Å². The Balaban J connectivity index is 1.57. The third-order valence-electron chi connectivity index (χ3n) is 5.88. The largest absolute Gasteiger partial charge is 0.507 e. The van der Waals surface area contributed by atoms with Gasteiger partial charge >= 0.3 is 0 Å². The quantitative estimate of drug-likeness (QED) is 0.314. The van der Waals surface area contributed by atoms with Crippen LogP contribution in [-0.2, 0) is 0 Å². The summed E-state index contributed by atoms with van der Waals surface area (Å²) in [6, 6.07) is 16.6. The van der Waals surface area contributed by atoms with Gasteiger partial charge in [-0.3, -0.25) is 19.9 Å². The van der Waals surface area contributed by atoms with Gasteiger partial charge in [0, 0.05) is 55.0 Å². The lowest BCUT2D eigenvalue weighted by molar-refractivity contribution is 0.298. The molecule has 0 saturated carbocycles. The van der Waals surface area contributed by atoms with E-state index in [-0.39, 0.29) is 17.2 Å². The van der Waals surface area contributed by atoms with Crippen molar-refractivity contribution in [3.63, 3.8) is 0 Å². The Labute approximate surface area is 219 Å². The molecule has 7 nitrogen and oxygen atoms in total. The number of rotatable bonds is 12. The molecule has 3 rings (SSSR count). The molecule has 7 heteroatoms. The van der Waals surface area contributed by atoms with Gasteiger partial charge in [-0.1, -0.05) is 18.2 Å². The molecule has 0 spiro atoms. The molecule has 0 radical (unpaired) electrons. The first-order valence-electron chi connectivity index (χ1n) is 12.4. The van der Waals surface area contributed by atoms with Crippen molar-refractivity contribution in [1.29, 1.82) is 0 Å². The zero-order chi connectivity index (χ0) is 26.6. The van der Waals surface area contributed by atoms with Gasteiger partial charge in [0.15, 0.2) is 0 Å². The fourth-order valence-electron chi connectivity index (χ4n) is 3.71. The van der Waals surface area contributed by atoms with Crippen molar-refractivity contribution in [1.82, 2.24) is 4.90 Å². The number of phenols is 3. The first-order valence-corrected chi connectivity index (χ1v) is 12.4. The van der Waals surface area contributed by atoms with Crippen LogP contribution in [0.2, 0.25) is 0 Å². The van der Waals surface area contributed by atoms with Crippen LogP contribution in [0.15, 0.2) is 69.6 Å². The van der Waals surface area contributed by atoms with Gasteiger partial charge in [-0.2, -0.15) is 0 Å². The van der Waals surface area contributed by atoms with E-state index >= 15 is 0 Å². The van der Waals surface area contributed by atoms with E-state index < -0.39 is 0 Å². The number of aryl methyl sites for hydroxylation is 3. The van der Waals surface area contributed by atoms with E-state index in [1.165, 1.54) is 0 Å². The third-order valence-corrected chi connectivity index (χ3v) is 5.88. The molecule has 0 aliphatic heterocycles. The monoisotopic (exact) mass is 500 g/mol. The Bertz CT molecular complexity index is 1110. The molecule has 0 aromatic heterocycles. The first-order chi connectivity index (χ1) is 17.8. The zero-order valence-corrected chi connectivity index (χ0v) is 21.8. The summed E-state index contributed by atoms with van der Waals surface area (Å²) in [7, 11) is 0. The summed E-state index contributed by atoms with van der Waals surface area (Å²) in [6.07, 6.45) is 5.09. The molecule has 0 heterocycles. The van der Waals surface area contributed by atoms with Crippen LogP contribution < -0.4 is 0 Å². The topological polar surface area (TPSA) is 101 Å². The lowest BCUT2D eigenvalue weighted by Crippen LogP contribution is -2.31. The zero-order valence-electron chi connectivity index (χ0n) is 21.8. The Kier molecular flexibility index (Phi) is 10.4. The highest BCUT2D eigenvalue weighted by Crippen LogP contribution is 2.18. The molecule has 0 amide bonds. The van der Waals surface area contributed by atoms with E-state index in [4.69, 9.17) is 0 Å². The molecule has 0 unspecified atom stereocenters. The number of hydrogen-bond donors (Lipinski definition) is 3. The van der Waals surface area contributed by atoms with Crippen molar-refractivity contribution in [2.45, 2.75) is 20.8 Å². The second-order valence-electron chi connectivity index (χ2n) is 9.13. The van der Waals surface area contributed by atoms with Crippen LogP contribution in [0.3, 0.4) is 0 Å². The minimum absolute atomic E-state index is 0.225. The minimum Gasteiger partial charge on any atom is -0.507 e. The van der Waals surface area contributed by atoms with E-state index in [0.717, 1.165) is 16.7 Å². The Morgan fingerprint density at radius 2 is 0.838 bits per heavy atom. The summed E-state index contributed by atoms with van der Waals surface area (Å²) in [5.41, 5.74) is 5.09. The molecule has 3 aromatic carbocycles. The van der Waals surface area contributed by atoms with Gasteiger partial charge in [-0.15, -0.1) is 0 Å². The molecule has 3 N–H and O–H groups in total. The van der Waals surface area contributed by atoms with Crippen molar-refractivity contribution in [3.8, 4) is 17.2 Å². The highest BCUT2D eigenvalue weighted by atomic mass is 16.3. The summed E-state index contributed by atoms with van der Waals surface area (Å²) in [4.78, 5) is 15.7. The number of nitrogens with zero attached hydrogens (tertiary/aromatic N) is 4. The molecule has 0 atom stereocenters. The Hall–Kier alpha value is -3.97. The van der Waals surface area contributed by atoms with E-state index in [1.807, 2.05) is 57.2 Å². The van der Waals surface area contributed by atoms with Crippen LogP contribution in [-0.4, -0.2) is 78.1 Å². The van der Waals surface area contributed by atoms with Crippen molar-refractivity contribution in [2.75, 3.05) is 39.3 Å². The van der Waals surface area contributed by atoms with Crippen LogP contribution in [0.5, 0.6) is 17.2 Å². The van der Waals surface area contributed by atoms with E-state index in [9.17, 15) is 15.3 Å². The second-order valence-corrected chi connectivity index (χ2v) is 9.13. The van der Waals surface area contributed by atoms with Crippen molar-refractivity contribution >= 4 is 18.6 Å². The fourth-order valence-corrected chi connectivity index (χ4v) is 3.71. The van der Waals surface area contributed by atoms with Crippen LogP contribution in [0.4, 0.5) is 0 Å². The molecular formula is C30H36N4O3. The smallest absolute Gasteiger partial charge is 0.124 e. The van der Waals surface area contributed by atoms with Crippen molar-refractivity contribution < 1.29 is 15.3 Å². The van der Waals surface area contributed by atoms with E-state index in [1.54, 1.807) is 36.8 Å². The van der Waals surface area contributed by atoms with E-state index in [2.05, 4.69) is 19.9 Å². The standard InChI is InChI=1S/C30H36N4O3/c1-22-4-7-25(28(35)16-22)19-31-10-13-34(14-11-32-20-26-8-5-23(2)17-29(26)36)15-12-33-21-27-9-6-24(3)18-30(27)37/h4-9,16-21,35-37H,10-15H2,1-3H3.